The number of nitrogens with zero attached hydrogens (tertiary/aromatic N) is 2. The van der Waals surface area contributed by atoms with E-state index >= 15 is 0 Å². The maximum atomic E-state index is 12.9. The molecule has 0 atom stereocenters. The molecule has 3 nitrogen and oxygen atoms in total. The number of benzene rings is 2. The Hall–Kier alpha value is -2.72. The summed E-state index contributed by atoms with van der Waals surface area (Å²) in [6.07, 6.45) is 10.1. The minimum absolute atomic E-state index is 0.00318. The Morgan fingerprint density at radius 2 is 1.67 bits per heavy atom. The average Bonchev–Trinajstić information content (AvgIpc) is 2.93. The zero-order valence-electron chi connectivity index (χ0n) is 17.5. The highest BCUT2D eigenvalue weighted by Gasteiger charge is 2.17. The van der Waals surface area contributed by atoms with Gasteiger partial charge in [0, 0.05) is 35.3 Å². The predicted octanol–water partition coefficient (Wildman–Crippen LogP) is 5.99. The molecule has 0 bridgehead atoms. The Balaban J connectivity index is 1.55. The normalized spacial score (nSPS) is 13.9. The van der Waals surface area contributed by atoms with Crippen LogP contribution < -0.4 is 5.56 Å². The van der Waals surface area contributed by atoms with E-state index in [4.69, 9.17) is 0 Å². The van der Waals surface area contributed by atoms with Crippen LogP contribution in [0.25, 0.3) is 27.7 Å². The molecule has 0 radical (unpaired) electrons. The highest BCUT2D eigenvalue weighted by molar-refractivity contribution is 7.98. The Morgan fingerprint density at radius 3 is 2.43 bits per heavy atom. The van der Waals surface area contributed by atoms with E-state index in [-0.39, 0.29) is 5.56 Å². The van der Waals surface area contributed by atoms with Crippen molar-refractivity contribution in [1.29, 1.82) is 0 Å². The topological polar surface area (TPSA) is 26.9 Å². The van der Waals surface area contributed by atoms with Gasteiger partial charge in [-0.25, -0.2) is 0 Å². The minimum Gasteiger partial charge on any atom is -0.347 e. The van der Waals surface area contributed by atoms with E-state index in [1.165, 1.54) is 46.3 Å². The summed E-state index contributed by atoms with van der Waals surface area (Å²) in [4.78, 5) is 14.2. The fraction of sp³-hybridized carbons (Fsp3) is 0.269. The minimum atomic E-state index is -0.00318. The lowest BCUT2D eigenvalue weighted by Gasteiger charge is -2.09. The van der Waals surface area contributed by atoms with Gasteiger partial charge in [-0.15, -0.1) is 11.8 Å². The van der Waals surface area contributed by atoms with Crippen LogP contribution in [-0.2, 0) is 19.9 Å². The van der Waals surface area contributed by atoms with Gasteiger partial charge in [0.25, 0.3) is 5.56 Å². The number of hydrogen-bond donors (Lipinski definition) is 0. The second-order valence-electron chi connectivity index (χ2n) is 8.10. The summed E-state index contributed by atoms with van der Waals surface area (Å²) in [5.41, 5.74) is 7.14. The standard InChI is InChI=1S/C26H26N2OS/c1-27-24-7-5-3-4-6-22(24)23-13-10-20(17-25(23)27)28-15-14-19(16-26(28)29)18-8-11-21(30-2)12-9-18/h8-17H,3-7H2,1-2H3. The highest BCUT2D eigenvalue weighted by Crippen LogP contribution is 2.32. The van der Waals surface area contributed by atoms with E-state index in [9.17, 15) is 4.79 Å². The van der Waals surface area contributed by atoms with Gasteiger partial charge in [0.15, 0.2) is 0 Å². The summed E-state index contributed by atoms with van der Waals surface area (Å²) in [6, 6.07) is 18.6. The second kappa shape index (κ2) is 7.84. The fourth-order valence-electron chi connectivity index (χ4n) is 4.73. The molecule has 30 heavy (non-hydrogen) atoms. The lowest BCUT2D eigenvalue weighted by Crippen LogP contribution is -2.16. The predicted molar refractivity (Wildman–Crippen MR) is 127 cm³/mol. The van der Waals surface area contributed by atoms with E-state index in [1.54, 1.807) is 22.4 Å². The van der Waals surface area contributed by atoms with E-state index in [0.717, 1.165) is 29.7 Å². The molecule has 1 aliphatic carbocycles. The van der Waals surface area contributed by atoms with Crippen LogP contribution >= 0.6 is 11.8 Å². The van der Waals surface area contributed by atoms with Crippen LogP contribution in [0.4, 0.5) is 0 Å². The van der Waals surface area contributed by atoms with Gasteiger partial charge in [-0.1, -0.05) is 24.6 Å². The first-order valence-electron chi connectivity index (χ1n) is 10.6. The molecule has 4 heteroatoms. The molecule has 2 aromatic carbocycles. The molecule has 0 saturated carbocycles. The molecule has 4 aromatic rings. The summed E-state index contributed by atoms with van der Waals surface area (Å²) in [7, 11) is 2.17. The molecule has 2 heterocycles. The molecular formula is C26H26N2OS. The average molecular weight is 415 g/mol. The van der Waals surface area contributed by atoms with Gasteiger partial charge in [0.1, 0.15) is 0 Å². The third-order valence-corrected chi connectivity index (χ3v) is 7.13. The monoisotopic (exact) mass is 414 g/mol. The quantitative estimate of drug-likeness (QED) is 0.304. The van der Waals surface area contributed by atoms with Crippen LogP contribution in [-0.4, -0.2) is 15.4 Å². The number of aromatic nitrogens is 2. The number of fused-ring (bicyclic) bond motifs is 3. The van der Waals surface area contributed by atoms with Crippen molar-refractivity contribution >= 4 is 22.7 Å². The van der Waals surface area contributed by atoms with Crippen LogP contribution in [0.3, 0.4) is 0 Å². The first-order chi connectivity index (χ1) is 14.7. The zero-order valence-corrected chi connectivity index (χ0v) is 18.3. The zero-order chi connectivity index (χ0) is 20.7. The van der Waals surface area contributed by atoms with Crippen molar-refractivity contribution in [3.8, 4) is 16.8 Å². The first kappa shape index (κ1) is 19.3. The molecule has 0 amide bonds. The lowest BCUT2D eigenvalue weighted by atomic mass is 10.1. The van der Waals surface area contributed by atoms with Gasteiger partial charge in [0.2, 0.25) is 0 Å². The third-order valence-electron chi connectivity index (χ3n) is 6.38. The van der Waals surface area contributed by atoms with Crippen LogP contribution in [0.5, 0.6) is 0 Å². The van der Waals surface area contributed by atoms with Crippen molar-refractivity contribution in [3.05, 3.63) is 82.4 Å². The molecule has 2 aromatic heterocycles. The summed E-state index contributed by atoms with van der Waals surface area (Å²) in [5.74, 6) is 0. The largest absolute Gasteiger partial charge is 0.347 e. The molecule has 5 rings (SSSR count). The van der Waals surface area contributed by atoms with E-state index < -0.39 is 0 Å². The molecule has 0 unspecified atom stereocenters. The number of aryl methyl sites for hydroxylation is 2. The van der Waals surface area contributed by atoms with Crippen molar-refractivity contribution in [3.63, 3.8) is 0 Å². The lowest BCUT2D eigenvalue weighted by molar-refractivity contribution is 0.698. The van der Waals surface area contributed by atoms with E-state index in [1.807, 2.05) is 12.3 Å². The van der Waals surface area contributed by atoms with Crippen LogP contribution in [0.1, 0.15) is 30.5 Å². The molecule has 0 aliphatic heterocycles. The van der Waals surface area contributed by atoms with Crippen LogP contribution in [0.15, 0.2) is 70.5 Å². The maximum Gasteiger partial charge on any atom is 0.255 e. The van der Waals surface area contributed by atoms with Crippen molar-refractivity contribution in [2.24, 2.45) is 7.05 Å². The van der Waals surface area contributed by atoms with Gasteiger partial charge in [0.05, 0.1) is 11.2 Å². The Labute approximate surface area is 181 Å². The SMILES string of the molecule is CSc1ccc(-c2ccn(-c3ccc4c5c(n(C)c4c3)CCCCC5)c(=O)c2)cc1. The van der Waals surface area contributed by atoms with Crippen molar-refractivity contribution < 1.29 is 0 Å². The highest BCUT2D eigenvalue weighted by atomic mass is 32.2. The number of rotatable bonds is 3. The number of hydrogen-bond acceptors (Lipinski definition) is 2. The molecule has 0 fully saturated rings. The molecular weight excluding hydrogens is 388 g/mol. The third kappa shape index (κ3) is 3.29. The van der Waals surface area contributed by atoms with Crippen LogP contribution in [0, 0.1) is 0 Å². The number of thioether (sulfide) groups is 1. The van der Waals surface area contributed by atoms with Crippen molar-refractivity contribution in [1.82, 2.24) is 9.13 Å². The van der Waals surface area contributed by atoms with Gasteiger partial charge < -0.3 is 4.57 Å². The summed E-state index contributed by atoms with van der Waals surface area (Å²) >= 11 is 1.72. The van der Waals surface area contributed by atoms with Crippen LogP contribution in [0.2, 0.25) is 0 Å². The second-order valence-corrected chi connectivity index (χ2v) is 8.98. The smallest absolute Gasteiger partial charge is 0.255 e. The molecule has 152 valence electrons. The van der Waals surface area contributed by atoms with Gasteiger partial charge in [-0.2, -0.15) is 0 Å². The van der Waals surface area contributed by atoms with E-state index in [2.05, 4.69) is 60.3 Å². The summed E-state index contributed by atoms with van der Waals surface area (Å²) in [6.45, 7) is 0. The number of pyridine rings is 1. The fourth-order valence-corrected chi connectivity index (χ4v) is 5.14. The first-order valence-corrected chi connectivity index (χ1v) is 11.9. The molecule has 0 saturated heterocycles. The summed E-state index contributed by atoms with van der Waals surface area (Å²) < 4.78 is 4.09. The molecule has 0 spiro atoms. The van der Waals surface area contributed by atoms with E-state index in [0.29, 0.717) is 0 Å². The Bertz CT molecular complexity index is 1280. The van der Waals surface area contributed by atoms with Gasteiger partial charge in [-0.05, 0) is 79.0 Å². The van der Waals surface area contributed by atoms with Crippen molar-refractivity contribution in [2.75, 3.05) is 6.26 Å². The van der Waals surface area contributed by atoms with Gasteiger partial charge >= 0.3 is 0 Å². The summed E-state index contributed by atoms with van der Waals surface area (Å²) in [5, 5.41) is 1.34. The van der Waals surface area contributed by atoms with Gasteiger partial charge in [-0.3, -0.25) is 9.36 Å². The molecule has 1 aliphatic rings. The Kier molecular flexibility index (Phi) is 5.03. The molecule has 0 N–H and O–H groups in total. The maximum absolute atomic E-state index is 12.9. The van der Waals surface area contributed by atoms with Crippen molar-refractivity contribution in [2.45, 2.75) is 37.0 Å². The Morgan fingerprint density at radius 1 is 0.867 bits per heavy atom.